The lowest BCUT2D eigenvalue weighted by molar-refractivity contribution is 0.305. The molecule has 0 saturated carbocycles. The summed E-state index contributed by atoms with van der Waals surface area (Å²) in [6, 6.07) is 10.6. The smallest absolute Gasteiger partial charge is 0.231 e. The monoisotopic (exact) mass is 324 g/mol. The van der Waals surface area contributed by atoms with Gasteiger partial charge in [-0.05, 0) is 31.2 Å². The Morgan fingerprint density at radius 1 is 1.17 bits per heavy atom. The van der Waals surface area contributed by atoms with E-state index in [1.807, 2.05) is 24.3 Å². The number of halogens is 1. The van der Waals surface area contributed by atoms with E-state index in [4.69, 9.17) is 4.52 Å². The second-order valence-electron chi connectivity index (χ2n) is 6.00. The molecule has 1 fully saturated rings. The molecule has 24 heavy (non-hydrogen) atoms. The van der Waals surface area contributed by atoms with Crippen molar-refractivity contribution in [3.05, 3.63) is 66.1 Å². The van der Waals surface area contributed by atoms with Crippen molar-refractivity contribution >= 4 is 0 Å². The van der Waals surface area contributed by atoms with Crippen molar-refractivity contribution in [1.82, 2.24) is 20.0 Å². The van der Waals surface area contributed by atoms with Crippen LogP contribution in [0, 0.1) is 5.82 Å². The van der Waals surface area contributed by atoms with E-state index in [0.29, 0.717) is 18.3 Å². The van der Waals surface area contributed by atoms with Gasteiger partial charge in [0.15, 0.2) is 0 Å². The van der Waals surface area contributed by atoms with E-state index in [1.165, 1.54) is 6.07 Å². The third kappa shape index (κ3) is 3.05. The molecule has 122 valence electrons. The first-order chi connectivity index (χ1) is 11.8. The Morgan fingerprint density at radius 3 is 2.83 bits per heavy atom. The summed E-state index contributed by atoms with van der Waals surface area (Å²) in [4.78, 5) is 10.7. The van der Waals surface area contributed by atoms with Gasteiger partial charge in [-0.1, -0.05) is 23.4 Å². The van der Waals surface area contributed by atoms with Crippen LogP contribution in [0.2, 0.25) is 0 Å². The Hall–Kier alpha value is -2.60. The fourth-order valence-corrected chi connectivity index (χ4v) is 3.06. The highest BCUT2D eigenvalue weighted by Crippen LogP contribution is 2.28. The molecule has 1 atom stereocenters. The average molecular weight is 324 g/mol. The molecule has 1 aliphatic heterocycles. The molecule has 3 heterocycles. The number of benzene rings is 1. The van der Waals surface area contributed by atoms with Crippen molar-refractivity contribution in [2.75, 3.05) is 13.1 Å². The second kappa shape index (κ2) is 6.49. The highest BCUT2D eigenvalue weighted by Gasteiger charge is 2.28. The van der Waals surface area contributed by atoms with Gasteiger partial charge in [-0.15, -0.1) is 0 Å². The SMILES string of the molecule is Fc1ccccc1CN1CC[C@@H](c2nc(-c3ccncc3)no2)C1. The van der Waals surface area contributed by atoms with Gasteiger partial charge in [-0.2, -0.15) is 4.98 Å². The summed E-state index contributed by atoms with van der Waals surface area (Å²) in [6.07, 6.45) is 4.35. The van der Waals surface area contributed by atoms with Crippen molar-refractivity contribution in [3.8, 4) is 11.4 Å². The molecule has 0 N–H and O–H groups in total. The fourth-order valence-electron chi connectivity index (χ4n) is 3.06. The van der Waals surface area contributed by atoms with Crippen LogP contribution in [0.4, 0.5) is 4.39 Å². The zero-order chi connectivity index (χ0) is 16.4. The molecular weight excluding hydrogens is 307 g/mol. The van der Waals surface area contributed by atoms with Gasteiger partial charge in [0.1, 0.15) is 5.82 Å². The second-order valence-corrected chi connectivity index (χ2v) is 6.00. The number of hydrogen-bond acceptors (Lipinski definition) is 5. The van der Waals surface area contributed by atoms with Crippen LogP contribution in [-0.4, -0.2) is 33.1 Å². The minimum absolute atomic E-state index is 0.154. The third-order valence-electron chi connectivity index (χ3n) is 4.35. The van der Waals surface area contributed by atoms with Crippen LogP contribution >= 0.6 is 0 Å². The molecular formula is C18H17FN4O. The predicted octanol–water partition coefficient (Wildman–Crippen LogP) is 3.26. The molecule has 2 aromatic heterocycles. The van der Waals surface area contributed by atoms with E-state index < -0.39 is 0 Å². The Bertz CT molecular complexity index is 821. The molecule has 1 saturated heterocycles. The Balaban J connectivity index is 1.44. The van der Waals surface area contributed by atoms with Gasteiger partial charge in [-0.25, -0.2) is 4.39 Å². The third-order valence-corrected chi connectivity index (χ3v) is 4.35. The van der Waals surface area contributed by atoms with Crippen LogP contribution in [-0.2, 0) is 6.54 Å². The van der Waals surface area contributed by atoms with Crippen LogP contribution in [0.5, 0.6) is 0 Å². The van der Waals surface area contributed by atoms with Crippen LogP contribution in [0.1, 0.15) is 23.8 Å². The van der Waals surface area contributed by atoms with Gasteiger partial charge < -0.3 is 4.52 Å². The molecule has 0 radical (unpaired) electrons. The van der Waals surface area contributed by atoms with E-state index in [2.05, 4.69) is 20.0 Å². The number of pyridine rings is 1. The van der Waals surface area contributed by atoms with Gasteiger partial charge in [0, 0.05) is 36.6 Å². The van der Waals surface area contributed by atoms with Crippen molar-refractivity contribution in [1.29, 1.82) is 0 Å². The first kappa shape index (κ1) is 15.0. The van der Waals surface area contributed by atoms with Crippen molar-refractivity contribution in [2.45, 2.75) is 18.9 Å². The molecule has 0 bridgehead atoms. The number of likely N-dealkylation sites (tertiary alicyclic amines) is 1. The van der Waals surface area contributed by atoms with E-state index in [-0.39, 0.29) is 11.7 Å². The maximum absolute atomic E-state index is 13.8. The summed E-state index contributed by atoms with van der Waals surface area (Å²) in [5, 5.41) is 4.06. The number of rotatable bonds is 4. The lowest BCUT2D eigenvalue weighted by Gasteiger charge is -2.15. The van der Waals surface area contributed by atoms with Gasteiger partial charge in [0.2, 0.25) is 11.7 Å². The average Bonchev–Trinajstić information content (AvgIpc) is 3.27. The first-order valence-electron chi connectivity index (χ1n) is 7.99. The highest BCUT2D eigenvalue weighted by atomic mass is 19.1. The van der Waals surface area contributed by atoms with Crippen LogP contribution in [0.15, 0.2) is 53.3 Å². The molecule has 4 rings (SSSR count). The Kier molecular flexibility index (Phi) is 4.04. The molecule has 3 aromatic rings. The fraction of sp³-hybridized carbons (Fsp3) is 0.278. The Morgan fingerprint density at radius 2 is 2.00 bits per heavy atom. The minimum Gasteiger partial charge on any atom is -0.339 e. The largest absolute Gasteiger partial charge is 0.339 e. The number of aromatic nitrogens is 3. The van der Waals surface area contributed by atoms with Gasteiger partial charge >= 0.3 is 0 Å². The molecule has 0 spiro atoms. The molecule has 5 nitrogen and oxygen atoms in total. The van der Waals surface area contributed by atoms with Crippen LogP contribution in [0.25, 0.3) is 11.4 Å². The molecule has 0 aliphatic carbocycles. The summed E-state index contributed by atoms with van der Waals surface area (Å²) in [6.45, 7) is 2.30. The van der Waals surface area contributed by atoms with Gasteiger partial charge in [0.05, 0.1) is 5.92 Å². The van der Waals surface area contributed by atoms with E-state index in [0.717, 1.165) is 30.6 Å². The lowest BCUT2D eigenvalue weighted by Crippen LogP contribution is -2.20. The summed E-state index contributed by atoms with van der Waals surface area (Å²) >= 11 is 0. The number of hydrogen-bond donors (Lipinski definition) is 0. The highest BCUT2D eigenvalue weighted by molar-refractivity contribution is 5.52. The van der Waals surface area contributed by atoms with Crippen molar-refractivity contribution in [2.24, 2.45) is 0 Å². The number of nitrogens with zero attached hydrogens (tertiary/aromatic N) is 4. The Labute approximate surface area is 139 Å². The molecule has 0 amide bonds. The van der Waals surface area contributed by atoms with E-state index >= 15 is 0 Å². The molecule has 1 aromatic carbocycles. The quantitative estimate of drug-likeness (QED) is 0.737. The standard InChI is InChI=1S/C18H17FN4O/c19-16-4-2-1-3-14(16)11-23-10-7-15(12-23)18-21-17(22-24-18)13-5-8-20-9-6-13/h1-6,8-9,15H,7,10-12H2/t15-/m1/s1. The normalized spacial score (nSPS) is 18.1. The van der Waals surface area contributed by atoms with Crippen molar-refractivity contribution in [3.63, 3.8) is 0 Å². The van der Waals surface area contributed by atoms with E-state index in [9.17, 15) is 4.39 Å². The minimum atomic E-state index is -0.154. The molecule has 1 aliphatic rings. The zero-order valence-corrected chi connectivity index (χ0v) is 13.1. The predicted molar refractivity (Wildman–Crippen MR) is 86.6 cm³/mol. The summed E-state index contributed by atoms with van der Waals surface area (Å²) in [7, 11) is 0. The van der Waals surface area contributed by atoms with Crippen LogP contribution in [0.3, 0.4) is 0 Å². The van der Waals surface area contributed by atoms with Crippen molar-refractivity contribution < 1.29 is 8.91 Å². The summed E-state index contributed by atoms with van der Waals surface area (Å²) in [5.74, 6) is 1.27. The lowest BCUT2D eigenvalue weighted by atomic mass is 10.1. The van der Waals surface area contributed by atoms with E-state index in [1.54, 1.807) is 18.5 Å². The topological polar surface area (TPSA) is 55.1 Å². The van der Waals surface area contributed by atoms with Gasteiger partial charge in [0.25, 0.3) is 0 Å². The van der Waals surface area contributed by atoms with Gasteiger partial charge in [-0.3, -0.25) is 9.88 Å². The summed E-state index contributed by atoms with van der Waals surface area (Å²) < 4.78 is 19.2. The molecule has 6 heteroatoms. The maximum atomic E-state index is 13.8. The zero-order valence-electron chi connectivity index (χ0n) is 13.1. The van der Waals surface area contributed by atoms with Crippen LogP contribution < -0.4 is 0 Å². The first-order valence-corrected chi connectivity index (χ1v) is 7.99. The molecule has 0 unspecified atom stereocenters. The maximum Gasteiger partial charge on any atom is 0.231 e. The summed E-state index contributed by atoms with van der Waals surface area (Å²) in [5.41, 5.74) is 1.61.